The van der Waals surface area contributed by atoms with Crippen LogP contribution in [-0.2, 0) is 4.79 Å². The summed E-state index contributed by atoms with van der Waals surface area (Å²) in [5.74, 6) is 0.0678. The lowest BCUT2D eigenvalue weighted by Gasteiger charge is -2.23. The number of anilines is 3. The van der Waals surface area contributed by atoms with Crippen LogP contribution in [0.3, 0.4) is 0 Å². The molecular formula is C23H35ClN6O3. The molecule has 10 heteroatoms. The van der Waals surface area contributed by atoms with E-state index in [2.05, 4.69) is 24.1 Å². The second-order valence-electron chi connectivity index (χ2n) is 7.30. The standard InChI is InChI=1S/C17H30N4O.C6H5ClN2O2/c1-4-20(5-2)13-7-12-19-17(22)14-21(6-3)16-10-8-15(18)9-11-16;7-5-3-4(9(10)11)1-2-6(5)8/h8-11H,4-7,12-14,18H2,1-3H3,(H,19,22);1-3H,8H2. The van der Waals surface area contributed by atoms with Crippen molar-refractivity contribution in [2.24, 2.45) is 0 Å². The Bertz CT molecular complexity index is 875. The van der Waals surface area contributed by atoms with Gasteiger partial charge in [-0.1, -0.05) is 25.4 Å². The predicted octanol–water partition coefficient (Wildman–Crippen LogP) is 3.77. The number of halogens is 1. The molecule has 0 aliphatic carbocycles. The summed E-state index contributed by atoms with van der Waals surface area (Å²) in [6, 6.07) is 11.6. The number of nitrogens with zero attached hydrogens (tertiary/aromatic N) is 3. The Morgan fingerprint density at radius 2 is 1.70 bits per heavy atom. The lowest BCUT2D eigenvalue weighted by atomic mass is 10.2. The second kappa shape index (κ2) is 14.9. The molecule has 0 saturated heterocycles. The van der Waals surface area contributed by atoms with Gasteiger partial charge in [-0.25, -0.2) is 0 Å². The lowest BCUT2D eigenvalue weighted by molar-refractivity contribution is -0.384. The highest BCUT2D eigenvalue weighted by Gasteiger charge is 2.10. The molecule has 0 heterocycles. The van der Waals surface area contributed by atoms with Gasteiger partial charge in [-0.15, -0.1) is 0 Å². The quantitative estimate of drug-likeness (QED) is 0.194. The van der Waals surface area contributed by atoms with E-state index >= 15 is 0 Å². The molecule has 0 fully saturated rings. The van der Waals surface area contributed by atoms with Crippen molar-refractivity contribution in [2.75, 3.05) is 55.6 Å². The monoisotopic (exact) mass is 478 g/mol. The average molecular weight is 479 g/mol. The van der Waals surface area contributed by atoms with Crippen LogP contribution in [0.5, 0.6) is 0 Å². The Balaban J connectivity index is 0.000000412. The molecule has 182 valence electrons. The molecule has 33 heavy (non-hydrogen) atoms. The van der Waals surface area contributed by atoms with Gasteiger partial charge in [-0.05, 0) is 63.3 Å². The van der Waals surface area contributed by atoms with Gasteiger partial charge in [0.1, 0.15) is 0 Å². The van der Waals surface area contributed by atoms with Crippen LogP contribution in [0.25, 0.3) is 0 Å². The molecule has 0 radical (unpaired) electrons. The largest absolute Gasteiger partial charge is 0.399 e. The van der Waals surface area contributed by atoms with Crippen LogP contribution in [0.2, 0.25) is 5.02 Å². The Labute approximate surface area is 200 Å². The van der Waals surface area contributed by atoms with Gasteiger partial charge >= 0.3 is 0 Å². The van der Waals surface area contributed by atoms with Crippen molar-refractivity contribution in [3.8, 4) is 0 Å². The number of nitrogens with two attached hydrogens (primary N) is 2. The molecule has 1 amide bonds. The van der Waals surface area contributed by atoms with Gasteiger partial charge in [0, 0.05) is 36.6 Å². The highest BCUT2D eigenvalue weighted by Crippen LogP contribution is 2.23. The first kappa shape index (κ1) is 28.0. The first-order chi connectivity index (χ1) is 15.7. The number of nitrogens with one attached hydrogen (secondary N) is 1. The molecular weight excluding hydrogens is 444 g/mol. The Hall–Kier alpha value is -3.04. The number of nitro groups is 1. The van der Waals surface area contributed by atoms with Crippen molar-refractivity contribution in [1.82, 2.24) is 10.2 Å². The number of hydrogen-bond donors (Lipinski definition) is 3. The number of carbonyl (C=O) groups excluding carboxylic acids is 1. The van der Waals surface area contributed by atoms with Gasteiger partial charge in [-0.2, -0.15) is 0 Å². The number of hydrogen-bond acceptors (Lipinski definition) is 7. The van der Waals surface area contributed by atoms with Crippen LogP contribution in [0.15, 0.2) is 42.5 Å². The van der Waals surface area contributed by atoms with Crippen molar-refractivity contribution >= 4 is 40.3 Å². The maximum atomic E-state index is 12.0. The summed E-state index contributed by atoms with van der Waals surface area (Å²) in [5, 5.41) is 13.4. The van der Waals surface area contributed by atoms with Crippen molar-refractivity contribution in [3.63, 3.8) is 0 Å². The number of nitro benzene ring substituents is 1. The number of carbonyl (C=O) groups is 1. The van der Waals surface area contributed by atoms with Gasteiger partial charge < -0.3 is 26.6 Å². The fraction of sp³-hybridized carbons (Fsp3) is 0.435. The van der Waals surface area contributed by atoms with E-state index in [1.165, 1.54) is 18.2 Å². The maximum Gasteiger partial charge on any atom is 0.271 e. The van der Waals surface area contributed by atoms with Crippen LogP contribution in [0, 0.1) is 10.1 Å². The van der Waals surface area contributed by atoms with Gasteiger partial charge in [0.05, 0.1) is 22.2 Å². The van der Waals surface area contributed by atoms with E-state index in [0.29, 0.717) is 12.2 Å². The molecule has 2 rings (SSSR count). The van der Waals surface area contributed by atoms with Crippen molar-refractivity contribution < 1.29 is 9.72 Å². The van der Waals surface area contributed by atoms with Gasteiger partial charge in [0.25, 0.3) is 5.69 Å². The van der Waals surface area contributed by atoms with E-state index in [0.717, 1.165) is 50.5 Å². The third-order valence-electron chi connectivity index (χ3n) is 5.04. The first-order valence-electron chi connectivity index (χ1n) is 11.0. The van der Waals surface area contributed by atoms with E-state index in [4.69, 9.17) is 23.1 Å². The molecule has 0 saturated carbocycles. The number of non-ortho nitro benzene ring substituents is 1. The number of rotatable bonds is 11. The molecule has 9 nitrogen and oxygen atoms in total. The summed E-state index contributed by atoms with van der Waals surface area (Å²) in [7, 11) is 0. The Kier molecular flexibility index (Phi) is 12.7. The molecule has 0 atom stereocenters. The second-order valence-corrected chi connectivity index (χ2v) is 7.71. The molecule has 5 N–H and O–H groups in total. The third-order valence-corrected chi connectivity index (χ3v) is 5.36. The van der Waals surface area contributed by atoms with Crippen LogP contribution in [0.1, 0.15) is 27.2 Å². The molecule has 0 unspecified atom stereocenters. The summed E-state index contributed by atoms with van der Waals surface area (Å²) in [6.07, 6.45) is 0.988. The summed E-state index contributed by atoms with van der Waals surface area (Å²) in [5.41, 5.74) is 13.1. The van der Waals surface area contributed by atoms with Crippen LogP contribution < -0.4 is 21.7 Å². The van der Waals surface area contributed by atoms with Crippen LogP contribution >= 0.6 is 11.6 Å². The lowest BCUT2D eigenvalue weighted by Crippen LogP contribution is -2.38. The number of likely N-dealkylation sites (N-methyl/N-ethyl adjacent to an activating group) is 1. The SMILES string of the molecule is CCN(CC)CCCNC(=O)CN(CC)c1ccc(N)cc1.Nc1ccc([N+](=O)[O-])cc1Cl. The van der Waals surface area contributed by atoms with Gasteiger partial charge in [-0.3, -0.25) is 14.9 Å². The molecule has 0 spiro atoms. The molecule has 0 aliphatic rings. The summed E-state index contributed by atoms with van der Waals surface area (Å²) in [4.78, 5) is 26.1. The number of amides is 1. The van der Waals surface area contributed by atoms with Crippen molar-refractivity contribution in [1.29, 1.82) is 0 Å². The zero-order valence-electron chi connectivity index (χ0n) is 19.6. The molecule has 2 aromatic rings. The van der Waals surface area contributed by atoms with Crippen LogP contribution in [-0.4, -0.2) is 55.0 Å². The minimum atomic E-state index is -0.522. The smallest absolute Gasteiger partial charge is 0.271 e. The van der Waals surface area contributed by atoms with E-state index in [-0.39, 0.29) is 16.6 Å². The van der Waals surface area contributed by atoms with E-state index < -0.39 is 4.92 Å². The molecule has 0 aromatic heterocycles. The van der Waals surface area contributed by atoms with Crippen LogP contribution in [0.4, 0.5) is 22.7 Å². The highest BCUT2D eigenvalue weighted by molar-refractivity contribution is 6.33. The number of nitrogen functional groups attached to an aromatic ring is 2. The third kappa shape index (κ3) is 10.4. The first-order valence-corrected chi connectivity index (χ1v) is 11.4. The zero-order chi connectivity index (χ0) is 24.8. The molecule has 0 bridgehead atoms. The Morgan fingerprint density at radius 3 is 2.21 bits per heavy atom. The van der Waals surface area contributed by atoms with E-state index in [9.17, 15) is 14.9 Å². The minimum Gasteiger partial charge on any atom is -0.399 e. The summed E-state index contributed by atoms with van der Waals surface area (Å²) >= 11 is 5.53. The van der Waals surface area contributed by atoms with Crippen molar-refractivity contribution in [2.45, 2.75) is 27.2 Å². The Morgan fingerprint density at radius 1 is 1.06 bits per heavy atom. The summed E-state index contributed by atoms with van der Waals surface area (Å²) in [6.45, 7) is 11.4. The average Bonchev–Trinajstić information content (AvgIpc) is 2.80. The topological polar surface area (TPSA) is 131 Å². The zero-order valence-corrected chi connectivity index (χ0v) is 20.3. The minimum absolute atomic E-state index is 0.0517. The van der Waals surface area contributed by atoms with E-state index in [1.807, 2.05) is 36.1 Å². The van der Waals surface area contributed by atoms with E-state index in [1.54, 1.807) is 0 Å². The summed E-state index contributed by atoms with van der Waals surface area (Å²) < 4.78 is 0. The normalized spacial score (nSPS) is 10.3. The van der Waals surface area contributed by atoms with Crippen molar-refractivity contribution in [3.05, 3.63) is 57.6 Å². The highest BCUT2D eigenvalue weighted by atomic mass is 35.5. The predicted molar refractivity (Wildman–Crippen MR) is 137 cm³/mol. The number of benzene rings is 2. The molecule has 2 aromatic carbocycles. The van der Waals surface area contributed by atoms with Gasteiger partial charge in [0.15, 0.2) is 0 Å². The fourth-order valence-electron chi connectivity index (χ4n) is 3.00. The fourth-order valence-corrected chi connectivity index (χ4v) is 3.17. The molecule has 0 aliphatic heterocycles. The maximum absolute atomic E-state index is 12.0. The van der Waals surface area contributed by atoms with Gasteiger partial charge in [0.2, 0.25) is 5.91 Å².